The number of nitrogens with one attached hydrogen (secondary N) is 2. The highest BCUT2D eigenvalue weighted by atomic mass is 16.2. The first-order valence-electron chi connectivity index (χ1n) is 7.86. The van der Waals surface area contributed by atoms with Gasteiger partial charge in [0.05, 0.1) is 6.04 Å². The van der Waals surface area contributed by atoms with Crippen molar-refractivity contribution < 1.29 is 4.79 Å². The Morgan fingerprint density at radius 3 is 2.88 bits per heavy atom. The van der Waals surface area contributed by atoms with E-state index in [2.05, 4.69) is 20.4 Å². The molecule has 24 heavy (non-hydrogen) atoms. The van der Waals surface area contributed by atoms with E-state index in [-0.39, 0.29) is 11.6 Å². The van der Waals surface area contributed by atoms with E-state index in [0.717, 1.165) is 24.4 Å². The number of aromatic nitrogens is 5. The zero-order valence-corrected chi connectivity index (χ0v) is 13.9. The van der Waals surface area contributed by atoms with E-state index in [1.807, 2.05) is 31.7 Å². The summed E-state index contributed by atoms with van der Waals surface area (Å²) in [6.07, 6.45) is 6.45. The largest absolute Gasteiger partial charge is 0.342 e. The third kappa shape index (κ3) is 2.82. The molecule has 3 heterocycles. The van der Waals surface area contributed by atoms with Crippen molar-refractivity contribution in [2.45, 2.75) is 32.7 Å². The molecule has 0 radical (unpaired) electrons. The number of hydrogen-bond acceptors (Lipinski definition) is 4. The second-order valence-electron chi connectivity index (χ2n) is 5.82. The van der Waals surface area contributed by atoms with Crippen LogP contribution in [-0.4, -0.2) is 30.1 Å². The van der Waals surface area contributed by atoms with Crippen LogP contribution in [0.15, 0.2) is 29.5 Å². The van der Waals surface area contributed by atoms with Crippen molar-refractivity contribution in [3.8, 4) is 0 Å². The Bertz CT molecular complexity index is 936. The molecule has 0 bridgehead atoms. The van der Waals surface area contributed by atoms with Gasteiger partial charge in [-0.3, -0.25) is 14.7 Å². The van der Waals surface area contributed by atoms with Crippen LogP contribution in [0.2, 0.25) is 0 Å². The number of amides is 1. The van der Waals surface area contributed by atoms with Crippen LogP contribution < -0.4 is 10.9 Å². The van der Waals surface area contributed by atoms with Crippen LogP contribution in [0.1, 0.15) is 47.7 Å². The van der Waals surface area contributed by atoms with Gasteiger partial charge in [-0.15, -0.1) is 0 Å². The van der Waals surface area contributed by atoms with Crippen LogP contribution in [-0.2, 0) is 7.05 Å². The number of carbonyl (C=O) groups is 1. The van der Waals surface area contributed by atoms with Crippen molar-refractivity contribution in [3.63, 3.8) is 0 Å². The van der Waals surface area contributed by atoms with E-state index in [9.17, 15) is 9.59 Å². The van der Waals surface area contributed by atoms with E-state index >= 15 is 0 Å². The molecular weight excluding hydrogens is 308 g/mol. The minimum atomic E-state index is -0.449. The molecular formula is C16H20N6O2. The molecule has 1 amide bonds. The van der Waals surface area contributed by atoms with Gasteiger partial charge in [0.15, 0.2) is 5.65 Å². The highest BCUT2D eigenvalue weighted by molar-refractivity contribution is 5.93. The lowest BCUT2D eigenvalue weighted by atomic mass is 10.1. The highest BCUT2D eigenvalue weighted by Crippen LogP contribution is 2.16. The van der Waals surface area contributed by atoms with Crippen LogP contribution in [0.3, 0.4) is 0 Å². The fourth-order valence-electron chi connectivity index (χ4n) is 2.74. The van der Waals surface area contributed by atoms with Gasteiger partial charge in [-0.2, -0.15) is 0 Å². The minimum Gasteiger partial charge on any atom is -0.342 e. The average Bonchev–Trinajstić information content (AvgIpc) is 3.12. The third-order valence-corrected chi connectivity index (χ3v) is 3.92. The summed E-state index contributed by atoms with van der Waals surface area (Å²) in [5.41, 5.74) is 0.877. The second kappa shape index (κ2) is 6.31. The lowest BCUT2D eigenvalue weighted by Crippen LogP contribution is -2.35. The number of aryl methyl sites for hydroxylation is 2. The number of nitrogens with zero attached hydrogens (tertiary/aromatic N) is 4. The molecule has 1 atom stereocenters. The van der Waals surface area contributed by atoms with Crippen molar-refractivity contribution in [3.05, 3.63) is 52.1 Å². The molecule has 0 spiro atoms. The summed E-state index contributed by atoms with van der Waals surface area (Å²) in [7, 11) is 1.88. The summed E-state index contributed by atoms with van der Waals surface area (Å²) < 4.78 is 3.14. The molecule has 0 saturated heterocycles. The maximum absolute atomic E-state index is 12.6. The first-order valence-corrected chi connectivity index (χ1v) is 7.86. The highest BCUT2D eigenvalue weighted by Gasteiger charge is 2.21. The summed E-state index contributed by atoms with van der Waals surface area (Å²) in [4.78, 5) is 33.5. The summed E-state index contributed by atoms with van der Waals surface area (Å²) in [6.45, 7) is 3.86. The van der Waals surface area contributed by atoms with Crippen molar-refractivity contribution in [2.24, 2.45) is 7.05 Å². The van der Waals surface area contributed by atoms with Gasteiger partial charge in [0.25, 0.3) is 11.5 Å². The monoisotopic (exact) mass is 328 g/mol. The maximum Gasteiger partial charge on any atom is 0.285 e. The van der Waals surface area contributed by atoms with E-state index in [4.69, 9.17) is 0 Å². The molecule has 8 nitrogen and oxygen atoms in total. The fraction of sp³-hybridized carbons (Fsp3) is 0.375. The first kappa shape index (κ1) is 16.0. The molecule has 0 aromatic carbocycles. The van der Waals surface area contributed by atoms with Gasteiger partial charge in [0.1, 0.15) is 11.4 Å². The van der Waals surface area contributed by atoms with Crippen LogP contribution in [0.25, 0.3) is 5.65 Å². The molecule has 126 valence electrons. The number of fused-ring (bicyclic) bond motifs is 1. The fourth-order valence-corrected chi connectivity index (χ4v) is 2.74. The Hall–Kier alpha value is -2.90. The first-order chi connectivity index (χ1) is 11.5. The number of hydrogen-bond donors (Lipinski definition) is 2. The lowest BCUT2D eigenvalue weighted by Gasteiger charge is -2.17. The van der Waals surface area contributed by atoms with Gasteiger partial charge >= 0.3 is 0 Å². The van der Waals surface area contributed by atoms with E-state index in [1.165, 1.54) is 10.7 Å². The van der Waals surface area contributed by atoms with Gasteiger partial charge < -0.3 is 9.88 Å². The summed E-state index contributed by atoms with van der Waals surface area (Å²) in [5, 5.41) is 5.78. The standard InChI is InChI=1S/C16H20N6O2/c1-4-5-12(14-17-6-7-21(14)3)19-15(23)11-9-18-13-8-10(2)20-22(13)16(11)24/h6-9,12,20H,4-5H2,1-3H3,(H,19,23)/t12-/m1/s1. The van der Waals surface area contributed by atoms with E-state index in [1.54, 1.807) is 12.3 Å². The van der Waals surface area contributed by atoms with Crippen LogP contribution in [0.4, 0.5) is 0 Å². The zero-order chi connectivity index (χ0) is 17.3. The summed E-state index contributed by atoms with van der Waals surface area (Å²) >= 11 is 0. The molecule has 0 aliphatic carbocycles. The van der Waals surface area contributed by atoms with Crippen molar-refractivity contribution in [1.82, 2.24) is 29.5 Å². The van der Waals surface area contributed by atoms with Crippen LogP contribution in [0.5, 0.6) is 0 Å². The molecule has 0 aliphatic rings. The number of rotatable bonds is 5. The quantitative estimate of drug-likeness (QED) is 0.738. The predicted molar refractivity (Wildman–Crippen MR) is 88.9 cm³/mol. The summed E-state index contributed by atoms with van der Waals surface area (Å²) in [6, 6.07) is 1.49. The van der Waals surface area contributed by atoms with E-state index < -0.39 is 11.5 Å². The minimum absolute atomic E-state index is 0.00432. The van der Waals surface area contributed by atoms with Crippen LogP contribution in [0, 0.1) is 6.92 Å². The molecule has 3 aromatic rings. The van der Waals surface area contributed by atoms with Gasteiger partial charge in [0.2, 0.25) is 0 Å². The Morgan fingerprint density at radius 2 is 2.21 bits per heavy atom. The topological polar surface area (TPSA) is 97.1 Å². The van der Waals surface area contributed by atoms with Gasteiger partial charge in [-0.25, -0.2) is 14.5 Å². The van der Waals surface area contributed by atoms with Gasteiger partial charge in [0, 0.05) is 37.4 Å². The molecule has 8 heteroatoms. The van der Waals surface area contributed by atoms with Crippen molar-refractivity contribution in [1.29, 1.82) is 0 Å². The predicted octanol–water partition coefficient (Wildman–Crippen LogP) is 1.34. The Labute approximate surface area is 138 Å². The number of aromatic amines is 1. The molecule has 0 saturated carbocycles. The van der Waals surface area contributed by atoms with Crippen molar-refractivity contribution in [2.75, 3.05) is 0 Å². The zero-order valence-electron chi connectivity index (χ0n) is 13.9. The van der Waals surface area contributed by atoms with E-state index in [0.29, 0.717) is 5.65 Å². The Kier molecular flexibility index (Phi) is 4.20. The SMILES string of the molecule is CCC[C@@H](NC(=O)c1cnc2cc(C)[nH]n2c1=O)c1nccn1C. The second-order valence-corrected chi connectivity index (χ2v) is 5.82. The average molecular weight is 328 g/mol. The normalized spacial score (nSPS) is 12.5. The Morgan fingerprint density at radius 1 is 1.42 bits per heavy atom. The molecule has 2 N–H and O–H groups in total. The number of imidazole rings is 1. The number of H-pyrrole nitrogens is 1. The molecule has 3 aromatic heterocycles. The number of carbonyl (C=O) groups excluding carboxylic acids is 1. The summed E-state index contributed by atoms with van der Waals surface area (Å²) in [5.74, 6) is 0.311. The van der Waals surface area contributed by atoms with Crippen LogP contribution >= 0.6 is 0 Å². The Balaban J connectivity index is 1.92. The maximum atomic E-state index is 12.6. The van der Waals surface area contributed by atoms with Gasteiger partial charge in [-0.1, -0.05) is 13.3 Å². The molecule has 0 aliphatic heterocycles. The van der Waals surface area contributed by atoms with Gasteiger partial charge in [-0.05, 0) is 13.3 Å². The smallest absolute Gasteiger partial charge is 0.285 e. The molecule has 3 rings (SSSR count). The molecule has 0 unspecified atom stereocenters. The molecule has 0 fully saturated rings. The lowest BCUT2D eigenvalue weighted by molar-refractivity contribution is 0.0929. The third-order valence-electron chi connectivity index (χ3n) is 3.92. The van der Waals surface area contributed by atoms with Crippen molar-refractivity contribution >= 4 is 11.6 Å².